The lowest BCUT2D eigenvalue weighted by atomic mass is 10.1. The van der Waals surface area contributed by atoms with Crippen molar-refractivity contribution in [1.82, 2.24) is 10.2 Å². The minimum atomic E-state index is 0.00461. The average molecular weight is 347 g/mol. The summed E-state index contributed by atoms with van der Waals surface area (Å²) >= 11 is 0. The summed E-state index contributed by atoms with van der Waals surface area (Å²) in [7, 11) is 1.67. The molecular weight excluding hydrogens is 318 g/mol. The number of rotatable bonds is 8. The molecule has 1 aromatic carbocycles. The molecule has 0 atom stereocenters. The normalized spacial score (nSPS) is 14.3. The monoisotopic (exact) mass is 347 g/mol. The first-order valence-corrected chi connectivity index (χ1v) is 9.01. The van der Waals surface area contributed by atoms with E-state index >= 15 is 0 Å². The van der Waals surface area contributed by atoms with E-state index in [0.29, 0.717) is 13.0 Å². The van der Waals surface area contributed by atoms with E-state index in [9.17, 15) is 9.59 Å². The van der Waals surface area contributed by atoms with Crippen LogP contribution in [0.1, 0.15) is 32.6 Å². The van der Waals surface area contributed by atoms with Crippen molar-refractivity contribution < 1.29 is 14.3 Å². The maximum Gasteiger partial charge on any atom is 0.222 e. The van der Waals surface area contributed by atoms with Crippen molar-refractivity contribution in [3.63, 3.8) is 0 Å². The lowest BCUT2D eigenvalue weighted by molar-refractivity contribution is -0.131. The minimum Gasteiger partial charge on any atom is -0.497 e. The first-order valence-electron chi connectivity index (χ1n) is 9.01. The van der Waals surface area contributed by atoms with Crippen LogP contribution in [0, 0.1) is 0 Å². The second-order valence-electron chi connectivity index (χ2n) is 6.36. The second-order valence-corrected chi connectivity index (χ2v) is 6.36. The Labute approximate surface area is 150 Å². The van der Waals surface area contributed by atoms with Gasteiger partial charge in [0.25, 0.3) is 0 Å². The number of piperazine rings is 1. The lowest BCUT2D eigenvalue weighted by Gasteiger charge is -2.36. The number of unbranched alkanes of at least 4 members (excludes halogenated alkanes) is 2. The van der Waals surface area contributed by atoms with Crippen molar-refractivity contribution in [2.24, 2.45) is 0 Å². The fraction of sp³-hybridized carbons (Fsp3) is 0.579. The quantitative estimate of drug-likeness (QED) is 0.731. The topological polar surface area (TPSA) is 61.9 Å². The van der Waals surface area contributed by atoms with Crippen molar-refractivity contribution in [3.05, 3.63) is 24.3 Å². The smallest absolute Gasteiger partial charge is 0.222 e. The molecule has 0 bridgehead atoms. The third kappa shape index (κ3) is 6.29. The Kier molecular flexibility index (Phi) is 7.57. The maximum atomic E-state index is 12.3. The zero-order chi connectivity index (χ0) is 18.1. The summed E-state index contributed by atoms with van der Waals surface area (Å²) in [6.07, 6.45) is 3.38. The van der Waals surface area contributed by atoms with Crippen molar-refractivity contribution >= 4 is 17.5 Å². The third-order valence-electron chi connectivity index (χ3n) is 4.49. The third-order valence-corrected chi connectivity index (χ3v) is 4.49. The molecule has 2 rings (SSSR count). The van der Waals surface area contributed by atoms with E-state index in [-0.39, 0.29) is 11.8 Å². The average Bonchev–Trinajstić information content (AvgIpc) is 2.64. The summed E-state index contributed by atoms with van der Waals surface area (Å²) in [6, 6.07) is 8.05. The van der Waals surface area contributed by atoms with Crippen LogP contribution in [0.3, 0.4) is 0 Å². The van der Waals surface area contributed by atoms with Gasteiger partial charge < -0.3 is 19.9 Å². The number of anilines is 1. The molecule has 0 aliphatic carbocycles. The van der Waals surface area contributed by atoms with Crippen LogP contribution < -0.4 is 15.0 Å². The molecule has 0 radical (unpaired) electrons. The first-order chi connectivity index (χ1) is 12.1. The molecule has 6 nitrogen and oxygen atoms in total. The van der Waals surface area contributed by atoms with E-state index in [2.05, 4.69) is 16.3 Å². The number of carbonyl (C=O) groups is 2. The largest absolute Gasteiger partial charge is 0.497 e. The van der Waals surface area contributed by atoms with Crippen LogP contribution in [0.2, 0.25) is 0 Å². The van der Waals surface area contributed by atoms with Crippen LogP contribution in [-0.4, -0.2) is 56.5 Å². The predicted molar refractivity (Wildman–Crippen MR) is 98.9 cm³/mol. The summed E-state index contributed by atoms with van der Waals surface area (Å²) in [5.41, 5.74) is 1.14. The van der Waals surface area contributed by atoms with Gasteiger partial charge in [-0.3, -0.25) is 9.59 Å². The van der Waals surface area contributed by atoms with Gasteiger partial charge in [0.1, 0.15) is 5.75 Å². The Hall–Kier alpha value is -2.24. The van der Waals surface area contributed by atoms with Gasteiger partial charge in [0.2, 0.25) is 11.8 Å². The number of nitrogens with zero attached hydrogens (tertiary/aromatic N) is 2. The first kappa shape index (κ1) is 19.1. The molecule has 1 fully saturated rings. The molecule has 25 heavy (non-hydrogen) atoms. The molecule has 0 unspecified atom stereocenters. The summed E-state index contributed by atoms with van der Waals surface area (Å²) < 4.78 is 5.28. The zero-order valence-corrected chi connectivity index (χ0v) is 15.3. The standard InChI is InChI=1S/C19H29N3O3/c1-16(23)20-10-5-3-4-9-19(24)22-13-11-21(12-14-22)17-7-6-8-18(15-17)25-2/h6-8,15H,3-5,9-14H2,1-2H3,(H,20,23). The predicted octanol–water partition coefficient (Wildman–Crippen LogP) is 2.04. The highest BCUT2D eigenvalue weighted by Crippen LogP contribution is 2.22. The van der Waals surface area contributed by atoms with Crippen LogP contribution in [0.15, 0.2) is 24.3 Å². The Balaban J connectivity index is 1.67. The zero-order valence-electron chi connectivity index (χ0n) is 15.3. The van der Waals surface area contributed by atoms with E-state index in [1.165, 1.54) is 6.92 Å². The molecule has 1 aromatic rings. The summed E-state index contributed by atoms with van der Waals surface area (Å²) in [5, 5.41) is 2.78. The number of hydrogen-bond donors (Lipinski definition) is 1. The van der Waals surface area contributed by atoms with Crippen molar-refractivity contribution in [3.8, 4) is 5.75 Å². The minimum absolute atomic E-state index is 0.00461. The van der Waals surface area contributed by atoms with Crippen molar-refractivity contribution in [2.45, 2.75) is 32.6 Å². The molecule has 1 heterocycles. The van der Waals surface area contributed by atoms with Crippen LogP contribution in [0.4, 0.5) is 5.69 Å². The molecule has 1 saturated heterocycles. The summed E-state index contributed by atoms with van der Waals surface area (Å²) in [4.78, 5) is 27.3. The molecular formula is C19H29N3O3. The van der Waals surface area contributed by atoms with Gasteiger partial charge in [0, 0.05) is 57.8 Å². The second kappa shape index (κ2) is 9.91. The van der Waals surface area contributed by atoms with Gasteiger partial charge in [0.15, 0.2) is 0 Å². The SMILES string of the molecule is COc1cccc(N2CCN(C(=O)CCCCCNC(C)=O)CC2)c1. The fourth-order valence-corrected chi connectivity index (χ4v) is 3.02. The van der Waals surface area contributed by atoms with Gasteiger partial charge >= 0.3 is 0 Å². The molecule has 0 saturated carbocycles. The molecule has 6 heteroatoms. The molecule has 1 N–H and O–H groups in total. The van der Waals surface area contributed by atoms with Crippen LogP contribution in [0.25, 0.3) is 0 Å². The van der Waals surface area contributed by atoms with E-state index < -0.39 is 0 Å². The maximum absolute atomic E-state index is 12.3. The van der Waals surface area contributed by atoms with Crippen LogP contribution in [-0.2, 0) is 9.59 Å². The molecule has 138 valence electrons. The van der Waals surface area contributed by atoms with Gasteiger partial charge in [-0.15, -0.1) is 0 Å². The number of benzene rings is 1. The van der Waals surface area contributed by atoms with Crippen molar-refractivity contribution in [2.75, 3.05) is 44.7 Å². The Morgan fingerprint density at radius 3 is 2.56 bits per heavy atom. The molecule has 2 amide bonds. The molecule has 1 aliphatic rings. The Bertz CT molecular complexity index is 569. The number of carbonyl (C=O) groups excluding carboxylic acids is 2. The summed E-state index contributed by atoms with van der Waals surface area (Å²) in [6.45, 7) is 5.45. The number of hydrogen-bond acceptors (Lipinski definition) is 4. The van der Waals surface area contributed by atoms with Gasteiger partial charge in [-0.25, -0.2) is 0 Å². The van der Waals surface area contributed by atoms with Crippen LogP contribution >= 0.6 is 0 Å². The highest BCUT2D eigenvalue weighted by molar-refractivity contribution is 5.76. The van der Waals surface area contributed by atoms with Gasteiger partial charge in [0.05, 0.1) is 7.11 Å². The summed E-state index contributed by atoms with van der Waals surface area (Å²) in [5.74, 6) is 1.10. The Morgan fingerprint density at radius 2 is 1.88 bits per heavy atom. The molecule has 0 aromatic heterocycles. The number of ether oxygens (including phenoxy) is 1. The van der Waals surface area contributed by atoms with E-state index in [1.807, 2.05) is 23.1 Å². The van der Waals surface area contributed by atoms with Gasteiger partial charge in [-0.1, -0.05) is 12.5 Å². The van der Waals surface area contributed by atoms with Crippen molar-refractivity contribution in [1.29, 1.82) is 0 Å². The number of nitrogens with one attached hydrogen (secondary N) is 1. The molecule has 0 spiro atoms. The van der Waals surface area contributed by atoms with E-state index in [1.54, 1.807) is 7.11 Å². The van der Waals surface area contributed by atoms with Gasteiger partial charge in [-0.05, 0) is 25.0 Å². The molecule has 1 aliphatic heterocycles. The number of methoxy groups -OCH3 is 1. The lowest BCUT2D eigenvalue weighted by Crippen LogP contribution is -2.48. The number of amides is 2. The van der Waals surface area contributed by atoms with Crippen LogP contribution in [0.5, 0.6) is 5.75 Å². The van der Waals surface area contributed by atoms with E-state index in [4.69, 9.17) is 4.74 Å². The van der Waals surface area contributed by atoms with E-state index in [0.717, 1.165) is 56.9 Å². The van der Waals surface area contributed by atoms with Gasteiger partial charge in [-0.2, -0.15) is 0 Å². The highest BCUT2D eigenvalue weighted by atomic mass is 16.5. The highest BCUT2D eigenvalue weighted by Gasteiger charge is 2.21. The Morgan fingerprint density at radius 1 is 1.12 bits per heavy atom. The fourth-order valence-electron chi connectivity index (χ4n) is 3.02.